The van der Waals surface area contributed by atoms with E-state index in [1.165, 1.54) is 11.1 Å². The normalized spacial score (nSPS) is 12.6. The number of aliphatic imine (C=N–C) groups is 1. The van der Waals surface area contributed by atoms with Crippen molar-refractivity contribution in [3.63, 3.8) is 0 Å². The molecule has 0 saturated heterocycles. The minimum absolute atomic E-state index is 0.361. The number of nitrogens with zero attached hydrogens (tertiary/aromatic N) is 4. The van der Waals surface area contributed by atoms with E-state index in [0.717, 1.165) is 49.8 Å². The number of pyridine rings is 1. The van der Waals surface area contributed by atoms with Gasteiger partial charge in [0, 0.05) is 38.7 Å². The van der Waals surface area contributed by atoms with E-state index in [1.54, 1.807) is 0 Å². The summed E-state index contributed by atoms with van der Waals surface area (Å²) in [6, 6.07) is 27.3. The summed E-state index contributed by atoms with van der Waals surface area (Å²) in [5.41, 5.74) is 3.56. The average Bonchev–Trinajstić information content (AvgIpc) is 3.27. The summed E-state index contributed by atoms with van der Waals surface area (Å²) in [7, 11) is 1.82. The lowest BCUT2D eigenvalue weighted by atomic mass is 9.92. The Morgan fingerprint density at radius 3 is 2.44 bits per heavy atom. The van der Waals surface area contributed by atoms with Crippen LogP contribution in [0.2, 0.25) is 0 Å². The molecule has 0 fully saturated rings. The summed E-state index contributed by atoms with van der Waals surface area (Å²) in [6.45, 7) is 1.63. The zero-order valence-corrected chi connectivity index (χ0v) is 18.5. The summed E-state index contributed by atoms with van der Waals surface area (Å²) in [5, 5.41) is 15.5. The van der Waals surface area contributed by atoms with Gasteiger partial charge >= 0.3 is 0 Å². The Hall–Kier alpha value is -3.67. The van der Waals surface area contributed by atoms with Crippen molar-refractivity contribution in [1.82, 2.24) is 25.2 Å². The lowest BCUT2D eigenvalue weighted by molar-refractivity contribution is 0.639. The van der Waals surface area contributed by atoms with Crippen LogP contribution in [0, 0.1) is 0 Å². The van der Waals surface area contributed by atoms with Gasteiger partial charge in [-0.2, -0.15) is 0 Å². The molecule has 0 aliphatic heterocycles. The second-order valence-electron chi connectivity index (χ2n) is 7.83. The molecule has 1 atom stereocenters. The first-order chi connectivity index (χ1) is 15.8. The topological polar surface area (TPSA) is 66.6 Å². The van der Waals surface area contributed by atoms with Crippen LogP contribution in [0.4, 0.5) is 0 Å². The van der Waals surface area contributed by atoms with Gasteiger partial charge in [-0.3, -0.25) is 9.39 Å². The molecular formula is C26H30N6. The van der Waals surface area contributed by atoms with Crippen LogP contribution in [-0.4, -0.2) is 40.7 Å². The van der Waals surface area contributed by atoms with Crippen LogP contribution in [0.15, 0.2) is 90.1 Å². The molecule has 0 amide bonds. The molecule has 6 heteroatoms. The first-order valence-electron chi connectivity index (χ1n) is 11.2. The van der Waals surface area contributed by atoms with Crippen molar-refractivity contribution in [3.05, 3.63) is 102 Å². The monoisotopic (exact) mass is 426 g/mol. The van der Waals surface area contributed by atoms with E-state index >= 15 is 0 Å². The molecule has 2 N–H and O–H groups in total. The van der Waals surface area contributed by atoms with Gasteiger partial charge < -0.3 is 10.6 Å². The molecule has 164 valence electrons. The molecule has 0 aliphatic rings. The molecule has 0 radical (unpaired) electrons. The van der Waals surface area contributed by atoms with Crippen LogP contribution >= 0.6 is 0 Å². The first kappa shape index (κ1) is 21.6. The van der Waals surface area contributed by atoms with Crippen molar-refractivity contribution in [2.45, 2.75) is 25.2 Å². The van der Waals surface area contributed by atoms with Crippen molar-refractivity contribution >= 4 is 11.6 Å². The highest BCUT2D eigenvalue weighted by atomic mass is 15.2. The minimum Gasteiger partial charge on any atom is -0.356 e. The van der Waals surface area contributed by atoms with E-state index in [2.05, 4.69) is 86.5 Å². The Labute approximate surface area is 189 Å². The van der Waals surface area contributed by atoms with Crippen molar-refractivity contribution < 1.29 is 0 Å². The molecule has 6 nitrogen and oxygen atoms in total. The first-order valence-corrected chi connectivity index (χ1v) is 11.2. The molecule has 4 rings (SSSR count). The van der Waals surface area contributed by atoms with E-state index in [0.29, 0.717) is 5.92 Å². The summed E-state index contributed by atoms with van der Waals surface area (Å²) >= 11 is 0. The van der Waals surface area contributed by atoms with Gasteiger partial charge in [-0.25, -0.2) is 0 Å². The van der Waals surface area contributed by atoms with E-state index in [1.807, 2.05) is 35.8 Å². The predicted molar refractivity (Wildman–Crippen MR) is 130 cm³/mol. The molecule has 4 aromatic rings. The molecule has 2 aromatic heterocycles. The van der Waals surface area contributed by atoms with Crippen LogP contribution in [-0.2, 0) is 12.8 Å². The van der Waals surface area contributed by atoms with Crippen LogP contribution in [0.5, 0.6) is 0 Å². The fraction of sp³-hybridized carbons (Fsp3) is 0.269. The number of fused-ring (bicyclic) bond motifs is 1. The van der Waals surface area contributed by atoms with E-state index < -0.39 is 0 Å². The van der Waals surface area contributed by atoms with Gasteiger partial charge in [0.15, 0.2) is 11.6 Å². The molecule has 0 aliphatic carbocycles. The Morgan fingerprint density at radius 2 is 1.66 bits per heavy atom. The largest absolute Gasteiger partial charge is 0.356 e. The Balaban J connectivity index is 1.29. The number of guanidine groups is 1. The second-order valence-corrected chi connectivity index (χ2v) is 7.83. The molecule has 0 saturated carbocycles. The number of benzene rings is 2. The smallest absolute Gasteiger partial charge is 0.190 e. The van der Waals surface area contributed by atoms with Crippen LogP contribution in [0.3, 0.4) is 0 Å². The van der Waals surface area contributed by atoms with E-state index in [-0.39, 0.29) is 0 Å². The zero-order chi connectivity index (χ0) is 22.0. The Bertz CT molecular complexity index is 1120. The number of hydrogen-bond donors (Lipinski definition) is 2. The van der Waals surface area contributed by atoms with Crippen LogP contribution < -0.4 is 10.6 Å². The second kappa shape index (κ2) is 11.1. The van der Waals surface area contributed by atoms with Crippen LogP contribution in [0.1, 0.15) is 29.3 Å². The van der Waals surface area contributed by atoms with Gasteiger partial charge in [-0.15, -0.1) is 10.2 Å². The van der Waals surface area contributed by atoms with Gasteiger partial charge in [-0.1, -0.05) is 66.7 Å². The molecule has 32 heavy (non-hydrogen) atoms. The molecule has 2 aromatic carbocycles. The van der Waals surface area contributed by atoms with Crippen LogP contribution in [0.25, 0.3) is 5.65 Å². The van der Waals surface area contributed by atoms with Crippen molar-refractivity contribution in [1.29, 1.82) is 0 Å². The fourth-order valence-electron chi connectivity index (χ4n) is 3.89. The van der Waals surface area contributed by atoms with Crippen molar-refractivity contribution in [2.24, 2.45) is 4.99 Å². The average molecular weight is 427 g/mol. The predicted octanol–water partition coefficient (Wildman–Crippen LogP) is 3.85. The summed E-state index contributed by atoms with van der Waals surface area (Å²) in [4.78, 5) is 4.41. The van der Waals surface area contributed by atoms with Crippen molar-refractivity contribution in [2.75, 3.05) is 20.1 Å². The lowest BCUT2D eigenvalue weighted by Crippen LogP contribution is -2.40. The molecular weight excluding hydrogens is 396 g/mol. The zero-order valence-electron chi connectivity index (χ0n) is 18.5. The fourth-order valence-corrected chi connectivity index (χ4v) is 3.89. The quantitative estimate of drug-likeness (QED) is 0.242. The highest BCUT2D eigenvalue weighted by molar-refractivity contribution is 5.79. The SMILES string of the molecule is CN=C(NCCCc1nnc2ccccn12)NCC(Cc1ccccc1)c1ccccc1. The van der Waals surface area contributed by atoms with Gasteiger partial charge in [0.05, 0.1) is 0 Å². The maximum Gasteiger partial charge on any atom is 0.190 e. The Morgan fingerprint density at radius 1 is 0.906 bits per heavy atom. The number of aryl methyl sites for hydroxylation is 1. The van der Waals surface area contributed by atoms with E-state index in [9.17, 15) is 0 Å². The maximum absolute atomic E-state index is 4.41. The summed E-state index contributed by atoms with van der Waals surface area (Å²) in [6.07, 6.45) is 4.79. The number of aromatic nitrogens is 3. The summed E-state index contributed by atoms with van der Waals surface area (Å²) in [5.74, 6) is 2.17. The number of nitrogens with one attached hydrogen (secondary N) is 2. The lowest BCUT2D eigenvalue weighted by Gasteiger charge is -2.20. The number of hydrogen-bond acceptors (Lipinski definition) is 3. The van der Waals surface area contributed by atoms with Crippen molar-refractivity contribution in [3.8, 4) is 0 Å². The van der Waals surface area contributed by atoms with Gasteiger partial charge in [0.25, 0.3) is 0 Å². The molecule has 2 heterocycles. The third-order valence-electron chi connectivity index (χ3n) is 5.59. The standard InChI is InChI=1S/C26H30N6/c1-27-26(28-17-10-16-25-31-30-24-15-8-9-18-32(24)25)29-20-23(22-13-6-3-7-14-22)19-21-11-4-2-5-12-21/h2-9,11-15,18,23H,10,16-17,19-20H2,1H3,(H2,27,28,29). The minimum atomic E-state index is 0.361. The third kappa shape index (κ3) is 5.72. The molecule has 1 unspecified atom stereocenters. The highest BCUT2D eigenvalue weighted by Gasteiger charge is 2.13. The maximum atomic E-state index is 4.41. The van der Waals surface area contributed by atoms with Gasteiger partial charge in [0.2, 0.25) is 0 Å². The third-order valence-corrected chi connectivity index (χ3v) is 5.59. The van der Waals surface area contributed by atoms with Gasteiger partial charge in [-0.05, 0) is 36.1 Å². The molecule has 0 bridgehead atoms. The highest BCUT2D eigenvalue weighted by Crippen LogP contribution is 2.20. The molecule has 0 spiro atoms. The van der Waals surface area contributed by atoms with Gasteiger partial charge in [0.1, 0.15) is 5.82 Å². The summed E-state index contributed by atoms with van der Waals surface area (Å²) < 4.78 is 2.04. The van der Waals surface area contributed by atoms with E-state index in [4.69, 9.17) is 0 Å². The number of rotatable bonds is 9. The Kier molecular flexibility index (Phi) is 7.47.